The molecular formula is C19H27N. The summed E-state index contributed by atoms with van der Waals surface area (Å²) in [6.45, 7) is 4.38. The van der Waals surface area contributed by atoms with Gasteiger partial charge in [-0.1, -0.05) is 55.7 Å². The van der Waals surface area contributed by atoms with E-state index in [-0.39, 0.29) is 0 Å². The van der Waals surface area contributed by atoms with E-state index in [1.165, 1.54) is 48.9 Å². The van der Waals surface area contributed by atoms with E-state index in [1.807, 2.05) is 0 Å². The molecule has 1 aliphatic carbocycles. The Bertz CT molecular complexity index is 478. The van der Waals surface area contributed by atoms with Crippen molar-refractivity contribution in [3.63, 3.8) is 0 Å². The maximum atomic E-state index is 2.46. The SMILES string of the molecule is C/C(=C\C=C/c1ccccc1C)N(C)C1CCCCC1. The minimum absolute atomic E-state index is 0.742. The molecule has 0 amide bonds. The predicted molar refractivity (Wildman–Crippen MR) is 88.6 cm³/mol. The molecule has 1 aromatic rings. The van der Waals surface area contributed by atoms with E-state index in [1.54, 1.807) is 0 Å². The van der Waals surface area contributed by atoms with Crippen LogP contribution in [0.3, 0.4) is 0 Å². The molecule has 20 heavy (non-hydrogen) atoms. The van der Waals surface area contributed by atoms with Gasteiger partial charge in [-0.15, -0.1) is 0 Å². The molecule has 1 heteroatoms. The Morgan fingerprint density at radius 2 is 1.85 bits per heavy atom. The van der Waals surface area contributed by atoms with Crippen LogP contribution in [0, 0.1) is 6.92 Å². The van der Waals surface area contributed by atoms with Gasteiger partial charge in [0.2, 0.25) is 0 Å². The molecule has 0 radical (unpaired) electrons. The molecule has 1 aromatic carbocycles. The smallest absolute Gasteiger partial charge is 0.0283 e. The third kappa shape index (κ3) is 4.00. The molecular weight excluding hydrogens is 242 g/mol. The number of hydrogen-bond acceptors (Lipinski definition) is 1. The van der Waals surface area contributed by atoms with Crippen LogP contribution in [0.25, 0.3) is 6.08 Å². The number of benzene rings is 1. The third-order valence-corrected chi connectivity index (χ3v) is 4.48. The second kappa shape index (κ2) is 7.33. The van der Waals surface area contributed by atoms with E-state index in [0.717, 1.165) is 6.04 Å². The average molecular weight is 269 g/mol. The zero-order chi connectivity index (χ0) is 14.4. The Morgan fingerprint density at radius 1 is 1.15 bits per heavy atom. The minimum Gasteiger partial charge on any atom is -0.375 e. The first kappa shape index (κ1) is 14.9. The molecule has 108 valence electrons. The summed E-state index contributed by atoms with van der Waals surface area (Å²) in [4.78, 5) is 2.46. The van der Waals surface area contributed by atoms with Crippen molar-refractivity contribution in [2.75, 3.05) is 7.05 Å². The van der Waals surface area contributed by atoms with Gasteiger partial charge in [-0.05, 0) is 43.9 Å². The second-order valence-corrected chi connectivity index (χ2v) is 5.93. The molecule has 0 aliphatic heterocycles. The van der Waals surface area contributed by atoms with E-state index < -0.39 is 0 Å². The van der Waals surface area contributed by atoms with Gasteiger partial charge in [-0.25, -0.2) is 0 Å². The van der Waals surface area contributed by atoms with E-state index in [4.69, 9.17) is 0 Å². The van der Waals surface area contributed by atoms with Crippen molar-refractivity contribution in [1.82, 2.24) is 4.90 Å². The van der Waals surface area contributed by atoms with E-state index >= 15 is 0 Å². The number of nitrogens with zero attached hydrogens (tertiary/aromatic N) is 1. The Kier molecular flexibility index (Phi) is 5.46. The van der Waals surface area contributed by atoms with Gasteiger partial charge in [0, 0.05) is 18.8 Å². The van der Waals surface area contributed by atoms with Gasteiger partial charge >= 0.3 is 0 Å². The first-order valence-corrected chi connectivity index (χ1v) is 7.82. The zero-order valence-corrected chi connectivity index (χ0v) is 13.1. The summed E-state index contributed by atoms with van der Waals surface area (Å²) in [7, 11) is 2.24. The van der Waals surface area contributed by atoms with Gasteiger partial charge in [0.1, 0.15) is 0 Å². The molecule has 1 aliphatic rings. The first-order chi connectivity index (χ1) is 9.68. The highest BCUT2D eigenvalue weighted by Crippen LogP contribution is 2.24. The highest BCUT2D eigenvalue weighted by atomic mass is 15.1. The lowest BCUT2D eigenvalue weighted by Crippen LogP contribution is -2.31. The lowest BCUT2D eigenvalue weighted by atomic mass is 9.94. The van der Waals surface area contributed by atoms with Crippen molar-refractivity contribution in [2.45, 2.75) is 52.0 Å². The normalized spacial score (nSPS) is 17.6. The molecule has 0 spiro atoms. The summed E-state index contributed by atoms with van der Waals surface area (Å²) < 4.78 is 0. The van der Waals surface area contributed by atoms with Crippen LogP contribution in [-0.4, -0.2) is 18.0 Å². The van der Waals surface area contributed by atoms with Crippen LogP contribution in [0.5, 0.6) is 0 Å². The molecule has 0 unspecified atom stereocenters. The number of hydrogen-bond donors (Lipinski definition) is 0. The first-order valence-electron chi connectivity index (χ1n) is 7.82. The molecule has 0 aromatic heterocycles. The quantitative estimate of drug-likeness (QED) is 0.681. The molecule has 1 saturated carbocycles. The summed E-state index contributed by atoms with van der Waals surface area (Å²) in [6, 6.07) is 9.25. The standard InChI is InChI=1S/C19H27N/c1-16-10-7-8-12-18(16)13-9-11-17(2)20(3)19-14-5-4-6-15-19/h7-13,19H,4-6,14-15H2,1-3H3/b13-9-,17-11+. The fourth-order valence-electron chi connectivity index (χ4n) is 2.94. The molecule has 1 nitrogen and oxygen atoms in total. The van der Waals surface area contributed by atoms with Crippen LogP contribution in [-0.2, 0) is 0 Å². The highest BCUT2D eigenvalue weighted by Gasteiger charge is 2.17. The largest absolute Gasteiger partial charge is 0.375 e. The Hall–Kier alpha value is -1.50. The fourth-order valence-corrected chi connectivity index (χ4v) is 2.94. The van der Waals surface area contributed by atoms with Crippen LogP contribution < -0.4 is 0 Å². The summed E-state index contributed by atoms with van der Waals surface area (Å²) in [5, 5.41) is 0. The molecule has 0 saturated heterocycles. The summed E-state index contributed by atoms with van der Waals surface area (Å²) in [5.41, 5.74) is 3.99. The van der Waals surface area contributed by atoms with Gasteiger partial charge < -0.3 is 4.90 Å². The molecule has 0 N–H and O–H groups in total. The van der Waals surface area contributed by atoms with Crippen molar-refractivity contribution >= 4 is 6.08 Å². The second-order valence-electron chi connectivity index (χ2n) is 5.93. The summed E-state index contributed by atoms with van der Waals surface area (Å²) in [5.74, 6) is 0. The van der Waals surface area contributed by atoms with Gasteiger partial charge in [0.25, 0.3) is 0 Å². The van der Waals surface area contributed by atoms with Gasteiger partial charge in [-0.2, -0.15) is 0 Å². The predicted octanol–water partition coefficient (Wildman–Crippen LogP) is 5.18. The molecule has 0 heterocycles. The Labute approximate surface area is 124 Å². The Balaban J connectivity index is 1.97. The monoisotopic (exact) mass is 269 g/mol. The van der Waals surface area contributed by atoms with Crippen LogP contribution >= 0.6 is 0 Å². The third-order valence-electron chi connectivity index (χ3n) is 4.48. The summed E-state index contributed by atoms with van der Waals surface area (Å²) >= 11 is 0. The maximum Gasteiger partial charge on any atom is 0.0283 e. The minimum atomic E-state index is 0.742. The van der Waals surface area contributed by atoms with Crippen molar-refractivity contribution in [2.24, 2.45) is 0 Å². The van der Waals surface area contributed by atoms with Crippen molar-refractivity contribution < 1.29 is 0 Å². The average Bonchev–Trinajstić information content (AvgIpc) is 2.49. The molecule has 2 rings (SSSR count). The van der Waals surface area contributed by atoms with Gasteiger partial charge in [-0.3, -0.25) is 0 Å². The van der Waals surface area contributed by atoms with E-state index in [9.17, 15) is 0 Å². The van der Waals surface area contributed by atoms with Crippen LogP contribution in [0.1, 0.15) is 50.2 Å². The number of rotatable bonds is 4. The zero-order valence-electron chi connectivity index (χ0n) is 13.1. The topological polar surface area (TPSA) is 3.24 Å². The number of allylic oxidation sites excluding steroid dienone is 3. The highest BCUT2D eigenvalue weighted by molar-refractivity contribution is 5.54. The lowest BCUT2D eigenvalue weighted by Gasteiger charge is -2.33. The Morgan fingerprint density at radius 3 is 2.55 bits per heavy atom. The van der Waals surface area contributed by atoms with Gasteiger partial charge in [0.05, 0.1) is 0 Å². The van der Waals surface area contributed by atoms with Crippen LogP contribution in [0.2, 0.25) is 0 Å². The van der Waals surface area contributed by atoms with Crippen molar-refractivity contribution in [3.05, 3.63) is 53.2 Å². The van der Waals surface area contributed by atoms with Crippen molar-refractivity contribution in [3.8, 4) is 0 Å². The maximum absolute atomic E-state index is 2.46. The van der Waals surface area contributed by atoms with Crippen molar-refractivity contribution in [1.29, 1.82) is 0 Å². The van der Waals surface area contributed by atoms with Gasteiger partial charge in [0.15, 0.2) is 0 Å². The summed E-state index contributed by atoms with van der Waals surface area (Å²) in [6.07, 6.45) is 13.5. The van der Waals surface area contributed by atoms with Crippen LogP contribution in [0.15, 0.2) is 42.1 Å². The van der Waals surface area contributed by atoms with E-state index in [2.05, 4.69) is 68.3 Å². The van der Waals surface area contributed by atoms with E-state index in [0.29, 0.717) is 0 Å². The fraction of sp³-hybridized carbons (Fsp3) is 0.474. The number of aryl methyl sites for hydroxylation is 1. The molecule has 1 fully saturated rings. The lowest BCUT2D eigenvalue weighted by molar-refractivity contribution is 0.236. The van der Waals surface area contributed by atoms with Crippen LogP contribution in [0.4, 0.5) is 0 Å². The molecule has 0 atom stereocenters. The molecule has 0 bridgehead atoms.